The molecule has 0 aromatic heterocycles. The first-order valence-electron chi connectivity index (χ1n) is 15.9. The number of anilines is 2. The van der Waals surface area contributed by atoms with Crippen LogP contribution >= 0.6 is 11.6 Å². The van der Waals surface area contributed by atoms with Crippen molar-refractivity contribution in [2.45, 2.75) is 56.8 Å². The number of carbonyl (C=O) groups excluding carboxylic acids is 3. The first-order valence-corrected chi connectivity index (χ1v) is 19.3. The maximum Gasteiger partial charge on any atom is 0.414 e. The normalized spacial score (nSPS) is 23.8. The number of amides is 3. The summed E-state index contributed by atoms with van der Waals surface area (Å²) >= 11 is 6.53. The smallest absolute Gasteiger partial charge is 0.414 e. The number of ether oxygens (including phenoxy) is 2. The first-order chi connectivity index (χ1) is 22.4. The molecule has 0 bridgehead atoms. The van der Waals surface area contributed by atoms with Gasteiger partial charge in [0.25, 0.3) is 5.91 Å². The number of halogens is 1. The number of aliphatic hydroxyl groups is 1. The molecule has 3 amide bonds. The highest BCUT2D eigenvalue weighted by molar-refractivity contribution is 6.71. The fraction of sp³-hybridized carbons (Fsp3) is 0.400. The van der Waals surface area contributed by atoms with Crippen molar-refractivity contribution in [3.63, 3.8) is 0 Å². The Labute approximate surface area is 280 Å². The number of cyclic esters (lactones) is 1. The van der Waals surface area contributed by atoms with Crippen molar-refractivity contribution in [3.8, 4) is 0 Å². The van der Waals surface area contributed by atoms with Gasteiger partial charge in [-0.15, -0.1) is 0 Å². The van der Waals surface area contributed by atoms with Crippen LogP contribution in [0.15, 0.2) is 72.8 Å². The highest BCUT2D eigenvalue weighted by Gasteiger charge is 2.66. The van der Waals surface area contributed by atoms with E-state index in [1.807, 2.05) is 80.7 Å². The van der Waals surface area contributed by atoms with Gasteiger partial charge in [-0.2, -0.15) is 0 Å². The molecule has 0 radical (unpaired) electrons. The number of hydrogen-bond donors (Lipinski definition) is 2. The number of carbonyl (C=O) groups is 3. The summed E-state index contributed by atoms with van der Waals surface area (Å²) in [4.78, 5) is 57.0. The Morgan fingerprint density at radius 1 is 1.06 bits per heavy atom. The van der Waals surface area contributed by atoms with E-state index in [1.165, 1.54) is 0 Å². The largest absolute Gasteiger partial charge is 0.447 e. The van der Waals surface area contributed by atoms with Crippen LogP contribution in [0, 0.1) is 5.92 Å². The lowest BCUT2D eigenvalue weighted by Crippen LogP contribution is -2.46. The summed E-state index contributed by atoms with van der Waals surface area (Å²) in [7, 11) is -3.01. The number of benzene rings is 3. The molecule has 2 fully saturated rings. The maximum atomic E-state index is 14.7. The van der Waals surface area contributed by atoms with Crippen LogP contribution in [0.2, 0.25) is 23.7 Å². The molecule has 3 heterocycles. The van der Waals surface area contributed by atoms with Gasteiger partial charge in [-0.05, 0) is 54.6 Å². The Kier molecular flexibility index (Phi) is 9.21. The van der Waals surface area contributed by atoms with Crippen LogP contribution in [-0.2, 0) is 37.8 Å². The number of hydrogen-bond acceptors (Lipinski definition) is 7. The van der Waals surface area contributed by atoms with E-state index >= 15 is 0 Å². The molecule has 3 aliphatic rings. The number of nitrogens with zero attached hydrogens (tertiary/aromatic N) is 3. The van der Waals surface area contributed by atoms with E-state index in [0.717, 1.165) is 11.1 Å². The summed E-state index contributed by atoms with van der Waals surface area (Å²) in [6.07, 6.45) is -1.18. The molecule has 3 aliphatic heterocycles. The molecule has 6 rings (SSSR count). The summed E-state index contributed by atoms with van der Waals surface area (Å²) in [6, 6.07) is 22.3. The summed E-state index contributed by atoms with van der Waals surface area (Å²) in [5.74, 6) is -0.967. The zero-order valence-corrected chi connectivity index (χ0v) is 28.5. The van der Waals surface area contributed by atoms with E-state index in [0.29, 0.717) is 41.7 Å². The molecule has 2 saturated heterocycles. The molecule has 3 aromatic carbocycles. The van der Waals surface area contributed by atoms with Gasteiger partial charge in [0.1, 0.15) is 6.61 Å². The van der Waals surface area contributed by atoms with Gasteiger partial charge in [0.15, 0.2) is 13.9 Å². The third-order valence-electron chi connectivity index (χ3n) is 9.61. The molecule has 248 valence electrons. The van der Waals surface area contributed by atoms with Crippen LogP contribution < -0.4 is 9.80 Å². The first kappa shape index (κ1) is 33.2. The van der Waals surface area contributed by atoms with Crippen LogP contribution in [0.4, 0.5) is 16.2 Å². The van der Waals surface area contributed by atoms with E-state index in [2.05, 4.69) is 0 Å². The van der Waals surface area contributed by atoms with Crippen LogP contribution in [0.25, 0.3) is 0 Å². The molecule has 10 nitrogen and oxygen atoms in total. The van der Waals surface area contributed by atoms with Gasteiger partial charge in [0.05, 0.1) is 37.9 Å². The molecule has 0 saturated carbocycles. The average Bonchev–Trinajstić information content (AvgIpc) is 3.66. The van der Waals surface area contributed by atoms with Crippen LogP contribution in [-0.4, -0.2) is 73.4 Å². The predicted molar refractivity (Wildman–Crippen MR) is 181 cm³/mol. The van der Waals surface area contributed by atoms with Gasteiger partial charge in [0, 0.05) is 40.8 Å². The fourth-order valence-corrected chi connectivity index (χ4v) is 10.2. The van der Waals surface area contributed by atoms with E-state index in [9.17, 15) is 24.3 Å². The van der Waals surface area contributed by atoms with Gasteiger partial charge >= 0.3 is 6.09 Å². The van der Waals surface area contributed by atoms with Crippen molar-refractivity contribution in [3.05, 3.63) is 94.5 Å². The standard InChI is InChI=1S/C35H40ClN3O7Si/c1-23-32(47(2,3)44)30(20-31(41)37(15-17-40)21-24-7-5-4-6-8-24)46-35(23)28-19-26(36)11-14-29(28)39(33(35)42)22-25-9-12-27(13-10-25)38-16-18-45-34(38)43/h4-14,19,23,30,32,40,44H,15-18,20-22H2,1-3H3/t23-,30+,32-,35+/m1/s1. The van der Waals surface area contributed by atoms with E-state index < -0.39 is 31.5 Å². The third kappa shape index (κ3) is 6.18. The molecule has 0 aliphatic carbocycles. The summed E-state index contributed by atoms with van der Waals surface area (Å²) in [5, 5.41) is 10.2. The second-order valence-electron chi connectivity index (χ2n) is 13.1. The van der Waals surface area contributed by atoms with Gasteiger partial charge in [0.2, 0.25) is 5.91 Å². The molecule has 3 aromatic rings. The Morgan fingerprint density at radius 2 is 1.79 bits per heavy atom. The minimum absolute atomic E-state index is 0.0514. The van der Waals surface area contributed by atoms with Crippen molar-refractivity contribution >= 4 is 49.2 Å². The summed E-state index contributed by atoms with van der Waals surface area (Å²) in [6.45, 7) is 6.89. The summed E-state index contributed by atoms with van der Waals surface area (Å²) in [5.41, 5.74) is 1.87. The van der Waals surface area contributed by atoms with Gasteiger partial charge in [-0.3, -0.25) is 14.5 Å². The highest BCUT2D eigenvalue weighted by Crippen LogP contribution is 2.60. The molecule has 12 heteroatoms. The molecule has 2 N–H and O–H groups in total. The molecule has 0 unspecified atom stereocenters. The van der Waals surface area contributed by atoms with E-state index in [1.54, 1.807) is 26.8 Å². The van der Waals surface area contributed by atoms with Crippen LogP contribution in [0.5, 0.6) is 0 Å². The lowest BCUT2D eigenvalue weighted by Gasteiger charge is -2.32. The minimum atomic E-state index is -3.01. The average molecular weight is 678 g/mol. The minimum Gasteiger partial charge on any atom is -0.447 e. The van der Waals surface area contributed by atoms with Crippen LogP contribution in [0.1, 0.15) is 30.0 Å². The Morgan fingerprint density at radius 3 is 2.43 bits per heavy atom. The van der Waals surface area contributed by atoms with Crippen molar-refractivity contribution in [1.82, 2.24) is 4.90 Å². The zero-order valence-electron chi connectivity index (χ0n) is 26.8. The van der Waals surface area contributed by atoms with Gasteiger partial charge < -0.3 is 29.2 Å². The molecular weight excluding hydrogens is 638 g/mol. The Bertz CT molecular complexity index is 1650. The number of fused-ring (bicyclic) bond motifs is 2. The monoisotopic (exact) mass is 677 g/mol. The second kappa shape index (κ2) is 13.0. The molecule has 4 atom stereocenters. The van der Waals surface area contributed by atoms with E-state index in [-0.39, 0.29) is 44.0 Å². The maximum absolute atomic E-state index is 14.7. The quantitative estimate of drug-likeness (QED) is 0.288. The number of rotatable bonds is 10. The molecular formula is C35H40ClN3O7Si. The highest BCUT2D eigenvalue weighted by atomic mass is 35.5. The van der Waals surface area contributed by atoms with E-state index in [4.69, 9.17) is 21.1 Å². The van der Waals surface area contributed by atoms with Crippen LogP contribution in [0.3, 0.4) is 0 Å². The second-order valence-corrected chi connectivity index (χ2v) is 17.5. The Hall–Kier alpha value is -3.74. The Balaban J connectivity index is 1.31. The van der Waals surface area contributed by atoms with Crippen molar-refractivity contribution in [1.29, 1.82) is 0 Å². The number of aliphatic hydroxyl groups excluding tert-OH is 1. The predicted octanol–water partition coefficient (Wildman–Crippen LogP) is 5.05. The van der Waals surface area contributed by atoms with Gasteiger partial charge in [-0.1, -0.05) is 61.0 Å². The van der Waals surface area contributed by atoms with Gasteiger partial charge in [-0.25, -0.2) is 4.79 Å². The summed E-state index contributed by atoms with van der Waals surface area (Å²) < 4.78 is 11.9. The van der Waals surface area contributed by atoms with Crippen molar-refractivity contribution in [2.24, 2.45) is 5.92 Å². The molecule has 47 heavy (non-hydrogen) atoms. The zero-order chi connectivity index (χ0) is 33.5. The lowest BCUT2D eigenvalue weighted by molar-refractivity contribution is -0.150. The fourth-order valence-electron chi connectivity index (χ4n) is 7.52. The third-order valence-corrected chi connectivity index (χ3v) is 12.3. The topological polar surface area (TPSA) is 120 Å². The van der Waals surface area contributed by atoms with Crippen molar-refractivity contribution in [2.75, 3.05) is 36.1 Å². The van der Waals surface area contributed by atoms with Crippen molar-refractivity contribution < 1.29 is 33.8 Å². The SMILES string of the molecule is C[C@@H]1[C@@H]([Si](C)(C)O)[C@H](CC(=O)N(CCO)Cc2ccccc2)O[C@@]12C(=O)N(Cc1ccc(N3CCOC3=O)cc1)c1ccc(Cl)cc12. The molecule has 1 spiro atoms. The lowest BCUT2D eigenvalue weighted by atomic mass is 9.82.